The number of thioether (sulfide) groups is 1. The third kappa shape index (κ3) is 6.98. The van der Waals surface area contributed by atoms with Crippen LogP contribution in [0, 0.1) is 28.9 Å². The quantitative estimate of drug-likeness (QED) is 0.0483. The Hall–Kier alpha value is -4.14. The van der Waals surface area contributed by atoms with Crippen molar-refractivity contribution in [2.75, 3.05) is 13.7 Å². The maximum absolute atomic E-state index is 15.2. The van der Waals surface area contributed by atoms with E-state index in [2.05, 4.69) is 10.3 Å². The monoisotopic (exact) mass is 638 g/mol. The first kappa shape index (κ1) is 31.3. The lowest BCUT2D eigenvalue weighted by molar-refractivity contribution is 0.414. The number of nitrogens with one attached hydrogen (secondary N) is 1. The van der Waals surface area contributed by atoms with Crippen molar-refractivity contribution in [2.45, 2.75) is 48.9 Å². The molecule has 1 aliphatic rings. The molecule has 7 nitrogen and oxygen atoms in total. The van der Waals surface area contributed by atoms with Gasteiger partial charge in [0.2, 0.25) is 5.96 Å². The second-order valence-corrected chi connectivity index (χ2v) is 11.7. The minimum Gasteiger partial charge on any atom is -0.495 e. The van der Waals surface area contributed by atoms with E-state index in [4.69, 9.17) is 32.3 Å². The second-order valence-electron chi connectivity index (χ2n) is 10.3. The summed E-state index contributed by atoms with van der Waals surface area (Å²) in [5, 5.41) is 11.9. The topological polar surface area (TPSA) is 101 Å². The fourth-order valence-corrected chi connectivity index (χ4v) is 6.67. The Morgan fingerprint density at radius 3 is 2.64 bits per heavy atom. The molecule has 44 heavy (non-hydrogen) atoms. The number of halogens is 4. The summed E-state index contributed by atoms with van der Waals surface area (Å²) in [4.78, 5) is 8.92. The van der Waals surface area contributed by atoms with Crippen LogP contribution in [0.4, 0.5) is 13.2 Å². The maximum Gasteiger partial charge on any atom is 0.202 e. The largest absolute Gasteiger partial charge is 0.495 e. The number of fused-ring (bicyclic) bond motifs is 1. The Morgan fingerprint density at radius 1 is 1.18 bits per heavy atom. The summed E-state index contributed by atoms with van der Waals surface area (Å²) in [6.45, 7) is 0.307. The number of methoxy groups -OCH3 is 1. The van der Waals surface area contributed by atoms with Gasteiger partial charge in [-0.3, -0.25) is 14.9 Å². The van der Waals surface area contributed by atoms with Crippen molar-refractivity contribution in [2.24, 2.45) is 10.7 Å². The fraction of sp³-hybridized carbons (Fsp3) is 0.281. The van der Waals surface area contributed by atoms with E-state index in [1.165, 1.54) is 36.0 Å². The average molecular weight is 639 g/mol. The molecule has 1 aliphatic carbocycles. The highest BCUT2D eigenvalue weighted by molar-refractivity contribution is 7.98. The van der Waals surface area contributed by atoms with Crippen LogP contribution in [0.2, 0.25) is 5.02 Å². The van der Waals surface area contributed by atoms with Crippen molar-refractivity contribution in [1.29, 1.82) is 5.26 Å². The van der Waals surface area contributed by atoms with E-state index in [-0.39, 0.29) is 29.0 Å². The smallest absolute Gasteiger partial charge is 0.202 e. The van der Waals surface area contributed by atoms with Crippen molar-refractivity contribution in [3.63, 3.8) is 0 Å². The molecule has 0 saturated carbocycles. The van der Waals surface area contributed by atoms with Gasteiger partial charge in [-0.15, -0.1) is 0 Å². The number of aliphatic imine (C=N–C) groups is 1. The van der Waals surface area contributed by atoms with Crippen LogP contribution in [-0.4, -0.2) is 29.2 Å². The Labute approximate surface area is 262 Å². The van der Waals surface area contributed by atoms with Crippen LogP contribution < -0.4 is 15.8 Å². The molecule has 1 heterocycles. The summed E-state index contributed by atoms with van der Waals surface area (Å²) in [6, 6.07) is 14.5. The molecule has 0 bridgehead atoms. The number of ether oxygens (including phenoxy) is 1. The highest BCUT2D eigenvalue weighted by atomic mass is 35.5. The van der Waals surface area contributed by atoms with Crippen molar-refractivity contribution >= 4 is 29.3 Å². The van der Waals surface area contributed by atoms with Gasteiger partial charge in [-0.05, 0) is 91.8 Å². The summed E-state index contributed by atoms with van der Waals surface area (Å²) < 4.78 is 51.8. The minimum absolute atomic E-state index is 0.00266. The van der Waals surface area contributed by atoms with Gasteiger partial charge in [-0.2, -0.15) is 5.26 Å². The molecule has 0 saturated heterocycles. The number of aryl methyl sites for hydroxylation is 2. The highest BCUT2D eigenvalue weighted by Crippen LogP contribution is 2.42. The Balaban J connectivity index is 1.43. The molecule has 0 aliphatic heterocycles. The zero-order valence-corrected chi connectivity index (χ0v) is 25.5. The molecule has 228 valence electrons. The number of rotatable bonds is 10. The molecule has 3 N–H and O–H groups in total. The predicted molar refractivity (Wildman–Crippen MR) is 166 cm³/mol. The van der Waals surface area contributed by atoms with Crippen LogP contribution in [-0.2, 0) is 18.6 Å². The number of imidazole rings is 1. The van der Waals surface area contributed by atoms with Crippen LogP contribution in [0.3, 0.4) is 0 Å². The van der Waals surface area contributed by atoms with Gasteiger partial charge in [0.05, 0.1) is 23.5 Å². The third-order valence-corrected chi connectivity index (χ3v) is 8.77. The number of nitrogens with two attached hydrogens (primary N) is 1. The Morgan fingerprint density at radius 2 is 1.93 bits per heavy atom. The molecule has 3 aromatic carbocycles. The van der Waals surface area contributed by atoms with E-state index in [0.29, 0.717) is 46.6 Å². The molecule has 12 heteroatoms. The predicted octanol–water partition coefficient (Wildman–Crippen LogP) is 7.03. The first-order valence-electron chi connectivity index (χ1n) is 14.0. The van der Waals surface area contributed by atoms with Crippen molar-refractivity contribution < 1.29 is 17.9 Å². The number of benzene rings is 3. The first-order valence-corrected chi connectivity index (χ1v) is 15.4. The minimum atomic E-state index is -0.641. The first-order chi connectivity index (χ1) is 21.3. The average Bonchev–Trinajstić information content (AvgIpc) is 3.38. The van der Waals surface area contributed by atoms with Gasteiger partial charge >= 0.3 is 0 Å². The lowest BCUT2D eigenvalue weighted by Crippen LogP contribution is -2.27. The lowest BCUT2D eigenvalue weighted by atomic mass is 9.84. The van der Waals surface area contributed by atoms with Crippen LogP contribution in [0.15, 0.2) is 64.7 Å². The summed E-state index contributed by atoms with van der Waals surface area (Å²) in [5.74, 6) is -1.11. The van der Waals surface area contributed by atoms with Gasteiger partial charge in [0.1, 0.15) is 23.2 Å². The van der Waals surface area contributed by atoms with Crippen molar-refractivity contribution in [3.05, 3.63) is 105 Å². The number of guanidine groups is 1. The van der Waals surface area contributed by atoms with Gasteiger partial charge in [-0.25, -0.2) is 18.2 Å². The molecule has 1 aromatic heterocycles. The molecular formula is C32H30ClF3N6OS. The normalized spacial score (nSPS) is 14.6. The zero-order valence-electron chi connectivity index (χ0n) is 23.9. The number of hydrogen-bond acceptors (Lipinski definition) is 5. The highest BCUT2D eigenvalue weighted by Gasteiger charge is 2.31. The standard InChI is InChI=1S/C32H30ClF3N6OS/c1-43-29-16-20(7-12-25(29)33)23-5-2-6-28-30(23)42(22-10-8-21(34)9-11-22)32(41-28)44-17-24-26(35)14-19(15-27(24)36)4-3-13-39-31(38)40-18-37/h7-12,14-16,23H,2-6,13,17H2,1H3,(H3,38,39,40). The van der Waals surface area contributed by atoms with Gasteiger partial charge < -0.3 is 10.5 Å². The Kier molecular flexibility index (Phi) is 10.0. The second kappa shape index (κ2) is 14.1. The summed E-state index contributed by atoms with van der Waals surface area (Å²) in [5.41, 5.74) is 9.53. The summed E-state index contributed by atoms with van der Waals surface area (Å²) in [7, 11) is 1.57. The third-order valence-electron chi connectivity index (χ3n) is 7.49. The fourth-order valence-electron chi connectivity index (χ4n) is 5.41. The molecule has 4 aromatic rings. The zero-order chi connectivity index (χ0) is 31.2. The van der Waals surface area contributed by atoms with Gasteiger partial charge in [0, 0.05) is 29.5 Å². The molecule has 5 rings (SSSR count). The number of nitriles is 1. The molecule has 0 radical (unpaired) electrons. The van der Waals surface area contributed by atoms with Crippen LogP contribution in [0.1, 0.15) is 53.3 Å². The van der Waals surface area contributed by atoms with Crippen LogP contribution >= 0.6 is 23.4 Å². The van der Waals surface area contributed by atoms with Crippen LogP contribution in [0.25, 0.3) is 5.69 Å². The van der Waals surface area contributed by atoms with E-state index < -0.39 is 11.6 Å². The number of hydrogen-bond donors (Lipinski definition) is 2. The number of aromatic nitrogens is 2. The summed E-state index contributed by atoms with van der Waals surface area (Å²) >= 11 is 7.54. The molecular weight excluding hydrogens is 609 g/mol. The summed E-state index contributed by atoms with van der Waals surface area (Å²) in [6.07, 6.45) is 5.08. The van der Waals surface area contributed by atoms with Gasteiger partial charge in [-0.1, -0.05) is 29.4 Å². The molecule has 1 atom stereocenters. The van der Waals surface area contributed by atoms with E-state index in [9.17, 15) is 4.39 Å². The molecule has 0 amide bonds. The SMILES string of the molecule is COc1cc(C2CCCc3nc(SCc4c(F)cc(CCCN=C(N)NC#N)cc4F)n(-c4ccc(F)cc4)c32)ccc1Cl. The molecule has 1 unspecified atom stereocenters. The maximum atomic E-state index is 15.2. The van der Waals surface area contributed by atoms with Gasteiger partial charge in [0.15, 0.2) is 11.3 Å². The van der Waals surface area contributed by atoms with E-state index in [1.54, 1.807) is 25.4 Å². The van der Waals surface area contributed by atoms with E-state index >= 15 is 8.78 Å². The molecule has 0 fully saturated rings. The van der Waals surface area contributed by atoms with Gasteiger partial charge in [0.25, 0.3) is 0 Å². The van der Waals surface area contributed by atoms with Crippen LogP contribution in [0.5, 0.6) is 5.75 Å². The van der Waals surface area contributed by atoms with Crippen molar-refractivity contribution in [1.82, 2.24) is 14.9 Å². The van der Waals surface area contributed by atoms with E-state index in [0.717, 1.165) is 36.2 Å². The van der Waals surface area contributed by atoms with E-state index in [1.807, 2.05) is 22.8 Å². The number of nitrogens with zero attached hydrogens (tertiary/aromatic N) is 4. The lowest BCUT2D eigenvalue weighted by Gasteiger charge is -2.26. The van der Waals surface area contributed by atoms with Crippen molar-refractivity contribution in [3.8, 4) is 17.6 Å². The Bertz CT molecular complexity index is 1700. The molecule has 0 spiro atoms.